The van der Waals surface area contributed by atoms with Gasteiger partial charge in [0.05, 0.1) is 13.2 Å². The Morgan fingerprint density at radius 1 is 1.15 bits per heavy atom. The smallest absolute Gasteiger partial charge is 0.255 e. The van der Waals surface area contributed by atoms with Gasteiger partial charge in [-0.05, 0) is 36.2 Å². The Hall–Kier alpha value is -2.86. The second-order valence-corrected chi connectivity index (χ2v) is 6.28. The van der Waals surface area contributed by atoms with E-state index in [0.29, 0.717) is 31.9 Å². The van der Waals surface area contributed by atoms with E-state index in [1.807, 2.05) is 49.4 Å². The monoisotopic (exact) mass is 368 g/mol. The SMILES string of the molecule is CCOc1ccc(CN2C(=O)c3ccccc3[C@H]2C(=O)NCCOC)cc1. The summed E-state index contributed by atoms with van der Waals surface area (Å²) in [5.74, 6) is 0.453. The van der Waals surface area contributed by atoms with E-state index < -0.39 is 6.04 Å². The van der Waals surface area contributed by atoms with Gasteiger partial charge < -0.3 is 19.7 Å². The third-order valence-corrected chi connectivity index (χ3v) is 4.50. The normalized spacial score (nSPS) is 15.6. The van der Waals surface area contributed by atoms with Crippen molar-refractivity contribution in [3.05, 3.63) is 65.2 Å². The van der Waals surface area contributed by atoms with E-state index >= 15 is 0 Å². The van der Waals surface area contributed by atoms with Crippen molar-refractivity contribution < 1.29 is 19.1 Å². The van der Waals surface area contributed by atoms with Gasteiger partial charge in [-0.1, -0.05) is 30.3 Å². The van der Waals surface area contributed by atoms with Gasteiger partial charge in [0.15, 0.2) is 0 Å². The molecule has 0 bridgehead atoms. The molecule has 0 fully saturated rings. The number of methoxy groups -OCH3 is 1. The molecule has 1 atom stereocenters. The van der Waals surface area contributed by atoms with E-state index in [4.69, 9.17) is 9.47 Å². The molecule has 2 aromatic rings. The number of hydrogen-bond acceptors (Lipinski definition) is 4. The number of carbonyl (C=O) groups is 2. The lowest BCUT2D eigenvalue weighted by Crippen LogP contribution is -2.39. The first-order valence-corrected chi connectivity index (χ1v) is 9.04. The molecular weight excluding hydrogens is 344 g/mol. The molecule has 0 aromatic heterocycles. The van der Waals surface area contributed by atoms with Crippen molar-refractivity contribution >= 4 is 11.8 Å². The number of fused-ring (bicyclic) bond motifs is 1. The van der Waals surface area contributed by atoms with Gasteiger partial charge in [0.1, 0.15) is 11.8 Å². The van der Waals surface area contributed by atoms with E-state index in [1.54, 1.807) is 18.1 Å². The third-order valence-electron chi connectivity index (χ3n) is 4.50. The van der Waals surface area contributed by atoms with Crippen molar-refractivity contribution in [1.82, 2.24) is 10.2 Å². The van der Waals surface area contributed by atoms with Crippen LogP contribution in [-0.2, 0) is 16.1 Å². The summed E-state index contributed by atoms with van der Waals surface area (Å²) in [6.07, 6.45) is 0. The van der Waals surface area contributed by atoms with Crippen LogP contribution < -0.4 is 10.1 Å². The van der Waals surface area contributed by atoms with Crippen molar-refractivity contribution in [3.63, 3.8) is 0 Å². The van der Waals surface area contributed by atoms with Crippen molar-refractivity contribution in [3.8, 4) is 5.75 Å². The van der Waals surface area contributed by atoms with Crippen LogP contribution in [-0.4, -0.2) is 43.6 Å². The maximum Gasteiger partial charge on any atom is 0.255 e. The minimum Gasteiger partial charge on any atom is -0.494 e. The Bertz CT molecular complexity index is 804. The summed E-state index contributed by atoms with van der Waals surface area (Å²) in [5, 5.41) is 2.85. The molecule has 6 heteroatoms. The van der Waals surface area contributed by atoms with Gasteiger partial charge in [-0.3, -0.25) is 9.59 Å². The highest BCUT2D eigenvalue weighted by Crippen LogP contribution is 2.35. The molecule has 3 rings (SSSR count). The van der Waals surface area contributed by atoms with E-state index in [-0.39, 0.29) is 11.8 Å². The number of hydrogen-bond donors (Lipinski definition) is 1. The average molecular weight is 368 g/mol. The van der Waals surface area contributed by atoms with Crippen molar-refractivity contribution in [1.29, 1.82) is 0 Å². The standard InChI is InChI=1S/C21H24N2O4/c1-3-27-16-10-8-15(9-11-16)14-23-19(20(24)22-12-13-26-2)17-6-4-5-7-18(17)21(23)25/h4-11,19H,3,12-14H2,1-2H3,(H,22,24)/t19-/m0/s1. The first-order chi connectivity index (χ1) is 13.2. The molecule has 1 aliphatic rings. The number of ether oxygens (including phenoxy) is 2. The fourth-order valence-corrected chi connectivity index (χ4v) is 3.24. The van der Waals surface area contributed by atoms with Crippen LogP contribution >= 0.6 is 0 Å². The van der Waals surface area contributed by atoms with Gasteiger partial charge in [0, 0.05) is 25.8 Å². The van der Waals surface area contributed by atoms with Crippen LogP contribution in [0, 0.1) is 0 Å². The molecule has 0 unspecified atom stereocenters. The molecule has 0 saturated heterocycles. The van der Waals surface area contributed by atoms with Crippen LogP contribution in [0.4, 0.5) is 0 Å². The maximum atomic E-state index is 12.9. The second-order valence-electron chi connectivity index (χ2n) is 6.28. The van der Waals surface area contributed by atoms with Gasteiger partial charge in [0.25, 0.3) is 5.91 Å². The van der Waals surface area contributed by atoms with Gasteiger partial charge in [-0.2, -0.15) is 0 Å². The number of amides is 2. The zero-order valence-electron chi connectivity index (χ0n) is 15.6. The van der Waals surface area contributed by atoms with Crippen LogP contribution in [0.15, 0.2) is 48.5 Å². The lowest BCUT2D eigenvalue weighted by molar-refractivity contribution is -0.125. The summed E-state index contributed by atoms with van der Waals surface area (Å²) >= 11 is 0. The van der Waals surface area contributed by atoms with Crippen molar-refractivity contribution in [2.45, 2.75) is 19.5 Å². The summed E-state index contributed by atoms with van der Waals surface area (Å²) in [7, 11) is 1.58. The van der Waals surface area contributed by atoms with Gasteiger partial charge >= 0.3 is 0 Å². The third kappa shape index (κ3) is 4.11. The summed E-state index contributed by atoms with van der Waals surface area (Å²) < 4.78 is 10.5. The number of nitrogens with one attached hydrogen (secondary N) is 1. The Morgan fingerprint density at radius 2 is 1.89 bits per heavy atom. The minimum absolute atomic E-state index is 0.133. The van der Waals surface area contributed by atoms with E-state index in [2.05, 4.69) is 5.32 Å². The van der Waals surface area contributed by atoms with Crippen LogP contribution in [0.2, 0.25) is 0 Å². The topological polar surface area (TPSA) is 67.9 Å². The fourth-order valence-electron chi connectivity index (χ4n) is 3.24. The van der Waals surface area contributed by atoms with E-state index in [0.717, 1.165) is 16.9 Å². The largest absolute Gasteiger partial charge is 0.494 e. The number of rotatable bonds is 8. The van der Waals surface area contributed by atoms with Gasteiger partial charge in [0.2, 0.25) is 5.91 Å². The first kappa shape index (κ1) is 18.9. The Kier molecular flexibility index (Phi) is 6.08. The molecule has 0 radical (unpaired) electrons. The average Bonchev–Trinajstić information content (AvgIpc) is 2.96. The number of nitrogens with zero attached hydrogens (tertiary/aromatic N) is 1. The zero-order chi connectivity index (χ0) is 19.2. The minimum atomic E-state index is -0.642. The van der Waals surface area contributed by atoms with Gasteiger partial charge in [-0.25, -0.2) is 0 Å². The second kappa shape index (κ2) is 8.68. The van der Waals surface area contributed by atoms with Crippen molar-refractivity contribution in [2.75, 3.05) is 26.9 Å². The number of benzene rings is 2. The zero-order valence-corrected chi connectivity index (χ0v) is 15.6. The molecule has 1 aliphatic heterocycles. The molecule has 0 saturated carbocycles. The molecular formula is C21H24N2O4. The highest BCUT2D eigenvalue weighted by Gasteiger charge is 2.40. The fraction of sp³-hybridized carbons (Fsp3) is 0.333. The molecule has 27 heavy (non-hydrogen) atoms. The van der Waals surface area contributed by atoms with Crippen LogP contribution in [0.25, 0.3) is 0 Å². The quantitative estimate of drug-likeness (QED) is 0.727. The predicted octanol–water partition coefficient (Wildman–Crippen LogP) is 2.55. The molecule has 0 aliphatic carbocycles. The molecule has 2 amide bonds. The van der Waals surface area contributed by atoms with Crippen LogP contribution in [0.5, 0.6) is 5.75 Å². The summed E-state index contributed by atoms with van der Waals surface area (Å²) in [6.45, 7) is 3.71. The maximum absolute atomic E-state index is 12.9. The molecule has 6 nitrogen and oxygen atoms in total. The Morgan fingerprint density at radius 3 is 2.59 bits per heavy atom. The van der Waals surface area contributed by atoms with Crippen LogP contribution in [0.1, 0.15) is 34.5 Å². The summed E-state index contributed by atoms with van der Waals surface area (Å²) in [4.78, 5) is 27.3. The molecule has 1 heterocycles. The van der Waals surface area contributed by atoms with E-state index in [1.165, 1.54) is 0 Å². The molecule has 2 aromatic carbocycles. The summed E-state index contributed by atoms with van der Waals surface area (Å²) in [5.41, 5.74) is 2.26. The highest BCUT2D eigenvalue weighted by molar-refractivity contribution is 6.04. The highest BCUT2D eigenvalue weighted by atomic mass is 16.5. The lowest BCUT2D eigenvalue weighted by Gasteiger charge is -2.25. The molecule has 0 spiro atoms. The summed E-state index contributed by atoms with van der Waals surface area (Å²) in [6, 6.07) is 14.2. The van der Waals surface area contributed by atoms with Crippen molar-refractivity contribution in [2.24, 2.45) is 0 Å². The van der Waals surface area contributed by atoms with E-state index in [9.17, 15) is 9.59 Å². The number of carbonyl (C=O) groups excluding carboxylic acids is 2. The Labute approximate surface area is 159 Å². The first-order valence-electron chi connectivity index (χ1n) is 9.04. The Balaban J connectivity index is 1.83. The molecule has 142 valence electrons. The lowest BCUT2D eigenvalue weighted by atomic mass is 10.0. The van der Waals surface area contributed by atoms with Gasteiger partial charge in [-0.15, -0.1) is 0 Å². The molecule has 1 N–H and O–H groups in total. The predicted molar refractivity (Wildman–Crippen MR) is 102 cm³/mol. The van der Waals surface area contributed by atoms with Crippen LogP contribution in [0.3, 0.4) is 0 Å².